The van der Waals surface area contributed by atoms with E-state index >= 15 is 0 Å². The molecule has 0 radical (unpaired) electrons. The van der Waals surface area contributed by atoms with Gasteiger partial charge in [-0.15, -0.1) is 0 Å². The largest absolute Gasteiger partial charge is 0.478 e. The maximum Gasteiger partial charge on any atom is 0.338 e. The van der Waals surface area contributed by atoms with Crippen molar-refractivity contribution in [1.29, 1.82) is 0 Å². The van der Waals surface area contributed by atoms with Crippen LogP contribution in [0.1, 0.15) is 45.3 Å². The van der Waals surface area contributed by atoms with Gasteiger partial charge in [0, 0.05) is 30.2 Å². The summed E-state index contributed by atoms with van der Waals surface area (Å²) in [6, 6.07) is 8.11. The van der Waals surface area contributed by atoms with E-state index in [4.69, 9.17) is 5.11 Å². The molecule has 4 rings (SSSR count). The molecule has 26 heavy (non-hydrogen) atoms. The van der Waals surface area contributed by atoms with Gasteiger partial charge in [0.15, 0.2) is 0 Å². The van der Waals surface area contributed by atoms with Crippen molar-refractivity contribution in [3.05, 3.63) is 53.5 Å². The lowest BCUT2D eigenvalue weighted by atomic mass is 10.0. The van der Waals surface area contributed by atoms with Crippen molar-refractivity contribution in [1.82, 2.24) is 19.7 Å². The predicted octanol–water partition coefficient (Wildman–Crippen LogP) is 2.85. The smallest absolute Gasteiger partial charge is 0.338 e. The Morgan fingerprint density at radius 2 is 2.00 bits per heavy atom. The Bertz CT molecular complexity index is 980. The highest BCUT2D eigenvalue weighted by molar-refractivity contribution is 5.98. The third kappa shape index (κ3) is 2.96. The summed E-state index contributed by atoms with van der Waals surface area (Å²) < 4.78 is 1.71. The molecule has 0 aliphatic carbocycles. The molecule has 3 heterocycles. The van der Waals surface area contributed by atoms with Crippen LogP contribution < -0.4 is 0 Å². The summed E-state index contributed by atoms with van der Waals surface area (Å²) in [5.41, 5.74) is 2.92. The fraction of sp³-hybridized carbons (Fsp3) is 0.316. The molecule has 1 aromatic carbocycles. The first-order valence-corrected chi connectivity index (χ1v) is 8.67. The van der Waals surface area contributed by atoms with Crippen molar-refractivity contribution in [3.8, 4) is 0 Å². The van der Waals surface area contributed by atoms with Crippen LogP contribution >= 0.6 is 0 Å². The van der Waals surface area contributed by atoms with Crippen molar-refractivity contribution in [3.63, 3.8) is 0 Å². The number of aromatic carboxylic acids is 1. The number of aryl methyl sites for hydroxylation is 1. The van der Waals surface area contributed by atoms with Crippen molar-refractivity contribution in [2.75, 3.05) is 13.1 Å². The third-order valence-corrected chi connectivity index (χ3v) is 4.98. The molecule has 0 unspecified atom stereocenters. The number of nitrogens with one attached hydrogen (secondary N) is 1. The van der Waals surface area contributed by atoms with Crippen LogP contribution in [-0.4, -0.2) is 49.7 Å². The van der Waals surface area contributed by atoms with Crippen molar-refractivity contribution < 1.29 is 14.7 Å². The van der Waals surface area contributed by atoms with Gasteiger partial charge in [-0.3, -0.25) is 9.48 Å². The number of fused-ring (bicyclic) bond motifs is 1. The summed E-state index contributed by atoms with van der Waals surface area (Å²) in [7, 11) is 0. The highest BCUT2D eigenvalue weighted by Crippen LogP contribution is 2.24. The zero-order valence-corrected chi connectivity index (χ0v) is 14.5. The van der Waals surface area contributed by atoms with Gasteiger partial charge in [-0.05, 0) is 37.5 Å². The average Bonchev–Trinajstić information content (AvgIpc) is 3.28. The Balaban J connectivity index is 1.44. The van der Waals surface area contributed by atoms with E-state index < -0.39 is 5.97 Å². The van der Waals surface area contributed by atoms with Gasteiger partial charge >= 0.3 is 5.97 Å². The van der Waals surface area contributed by atoms with Crippen LogP contribution in [0.4, 0.5) is 0 Å². The zero-order chi connectivity index (χ0) is 18.3. The van der Waals surface area contributed by atoms with Gasteiger partial charge in [-0.2, -0.15) is 5.10 Å². The number of amides is 1. The normalized spacial score (nSPS) is 15.5. The molecule has 7 nitrogen and oxygen atoms in total. The quantitative estimate of drug-likeness (QED) is 0.758. The van der Waals surface area contributed by atoms with Crippen LogP contribution in [0.15, 0.2) is 36.7 Å². The Morgan fingerprint density at radius 3 is 2.69 bits per heavy atom. The third-order valence-electron chi connectivity index (χ3n) is 4.98. The number of nitrogens with zero attached hydrogens (tertiary/aromatic N) is 3. The van der Waals surface area contributed by atoms with E-state index in [0.29, 0.717) is 18.8 Å². The minimum absolute atomic E-state index is 0.00370. The molecule has 2 N–H and O–H groups in total. The lowest BCUT2D eigenvalue weighted by Crippen LogP contribution is -2.39. The van der Waals surface area contributed by atoms with Gasteiger partial charge in [0.25, 0.3) is 5.91 Å². The van der Waals surface area contributed by atoms with E-state index in [1.165, 1.54) is 6.20 Å². The Labute approximate surface area is 150 Å². The Kier molecular flexibility index (Phi) is 3.99. The van der Waals surface area contributed by atoms with E-state index in [1.807, 2.05) is 36.1 Å². The number of carbonyl (C=O) groups excluding carboxylic acids is 1. The van der Waals surface area contributed by atoms with Gasteiger partial charge in [0.05, 0.1) is 17.8 Å². The zero-order valence-electron chi connectivity index (χ0n) is 14.5. The minimum Gasteiger partial charge on any atom is -0.478 e. The van der Waals surface area contributed by atoms with E-state index in [2.05, 4.69) is 10.1 Å². The lowest BCUT2D eigenvalue weighted by molar-refractivity contribution is 0.0684. The summed E-state index contributed by atoms with van der Waals surface area (Å²) in [5.74, 6) is -0.970. The first kappa shape index (κ1) is 16.4. The summed E-state index contributed by atoms with van der Waals surface area (Å²) in [6.07, 6.45) is 4.44. The number of aromatic amines is 1. The molecular weight excluding hydrogens is 332 g/mol. The van der Waals surface area contributed by atoms with E-state index in [0.717, 1.165) is 29.3 Å². The monoisotopic (exact) mass is 352 g/mol. The van der Waals surface area contributed by atoms with Crippen LogP contribution in [0.25, 0.3) is 10.9 Å². The molecule has 3 aromatic rings. The number of H-pyrrole nitrogens is 1. The number of rotatable bonds is 3. The SMILES string of the molecule is Cc1ccc2cc(C(=O)N3CCC(n4cc(C(=O)O)cn4)CC3)[nH]c2c1. The molecular formula is C19H20N4O3. The van der Waals surface area contributed by atoms with E-state index in [9.17, 15) is 9.59 Å². The predicted molar refractivity (Wildman–Crippen MR) is 96.4 cm³/mol. The van der Waals surface area contributed by atoms with Crippen LogP contribution in [0.5, 0.6) is 0 Å². The molecule has 1 fully saturated rings. The molecule has 2 aromatic heterocycles. The highest BCUT2D eigenvalue weighted by Gasteiger charge is 2.26. The molecule has 1 amide bonds. The highest BCUT2D eigenvalue weighted by atomic mass is 16.4. The summed E-state index contributed by atoms with van der Waals surface area (Å²) in [6.45, 7) is 3.28. The molecule has 1 aliphatic rings. The number of hydrogen-bond donors (Lipinski definition) is 2. The van der Waals surface area contributed by atoms with Gasteiger partial charge in [-0.25, -0.2) is 4.79 Å². The van der Waals surface area contributed by atoms with Gasteiger partial charge < -0.3 is 15.0 Å². The van der Waals surface area contributed by atoms with Crippen molar-refractivity contribution >= 4 is 22.8 Å². The Morgan fingerprint density at radius 1 is 1.23 bits per heavy atom. The standard InChI is InChI=1S/C19H20N4O3/c1-12-2-3-13-9-17(21-16(13)8-12)18(24)22-6-4-15(5-7-22)23-11-14(10-20-23)19(25)26/h2-3,8-11,15,21H,4-7H2,1H3,(H,25,26). The summed E-state index contributed by atoms with van der Waals surface area (Å²) in [4.78, 5) is 28.8. The molecule has 1 saturated heterocycles. The molecule has 0 saturated carbocycles. The molecule has 0 spiro atoms. The maximum absolute atomic E-state index is 12.8. The van der Waals surface area contributed by atoms with Gasteiger partial charge in [-0.1, -0.05) is 12.1 Å². The molecule has 7 heteroatoms. The Hall–Kier alpha value is -3.09. The number of carboxylic acids is 1. The fourth-order valence-corrected chi connectivity index (χ4v) is 3.51. The number of aromatic nitrogens is 3. The average molecular weight is 352 g/mol. The number of carbonyl (C=O) groups is 2. The second-order valence-corrected chi connectivity index (χ2v) is 6.81. The lowest BCUT2D eigenvalue weighted by Gasteiger charge is -2.31. The van der Waals surface area contributed by atoms with Crippen LogP contribution in [-0.2, 0) is 0 Å². The number of hydrogen-bond acceptors (Lipinski definition) is 3. The first-order valence-electron chi connectivity index (χ1n) is 8.67. The van der Waals surface area contributed by atoms with Gasteiger partial charge in [0.2, 0.25) is 0 Å². The number of likely N-dealkylation sites (tertiary alicyclic amines) is 1. The topological polar surface area (TPSA) is 91.2 Å². The van der Waals surface area contributed by atoms with Crippen molar-refractivity contribution in [2.24, 2.45) is 0 Å². The van der Waals surface area contributed by atoms with E-state index in [-0.39, 0.29) is 17.5 Å². The second kappa shape index (κ2) is 6.33. The summed E-state index contributed by atoms with van der Waals surface area (Å²) >= 11 is 0. The van der Waals surface area contributed by atoms with Gasteiger partial charge in [0.1, 0.15) is 5.69 Å². The molecule has 0 atom stereocenters. The number of carboxylic acid groups (broad SMARTS) is 1. The fourth-order valence-electron chi connectivity index (χ4n) is 3.51. The first-order chi connectivity index (χ1) is 12.5. The van der Waals surface area contributed by atoms with Crippen LogP contribution in [0.3, 0.4) is 0 Å². The minimum atomic E-state index is -0.974. The van der Waals surface area contributed by atoms with Crippen LogP contribution in [0.2, 0.25) is 0 Å². The molecule has 134 valence electrons. The second-order valence-electron chi connectivity index (χ2n) is 6.81. The van der Waals surface area contributed by atoms with Crippen molar-refractivity contribution in [2.45, 2.75) is 25.8 Å². The summed E-state index contributed by atoms with van der Waals surface area (Å²) in [5, 5.41) is 14.2. The maximum atomic E-state index is 12.8. The molecule has 0 bridgehead atoms. The van der Waals surface area contributed by atoms with Crippen LogP contribution in [0, 0.1) is 6.92 Å². The van der Waals surface area contributed by atoms with E-state index in [1.54, 1.807) is 10.9 Å². The molecule has 1 aliphatic heterocycles. The number of piperidine rings is 1. The number of benzene rings is 1.